The number of unbranched alkanes of at least 4 members (excludes halogenated alkanes) is 1. The van der Waals surface area contributed by atoms with E-state index in [1.165, 1.54) is 38.5 Å². The van der Waals surface area contributed by atoms with Gasteiger partial charge >= 0.3 is 0 Å². The Bertz CT molecular complexity index is 174. The minimum Gasteiger partial charge on any atom is -0.303 e. The molecule has 0 amide bonds. The second kappa shape index (κ2) is 6.80. The molecule has 2 unspecified atom stereocenters. The molecule has 0 saturated heterocycles. The van der Waals surface area contributed by atoms with E-state index in [1.807, 2.05) is 0 Å². The van der Waals surface area contributed by atoms with Gasteiger partial charge in [0.1, 0.15) is 6.29 Å². The molecule has 0 aromatic rings. The van der Waals surface area contributed by atoms with E-state index in [1.54, 1.807) is 0 Å². The third kappa shape index (κ3) is 3.65. The smallest absolute Gasteiger partial charge is 0.119 e. The zero-order chi connectivity index (χ0) is 10.2. The average molecular weight is 194 g/mol. The maximum atomic E-state index is 10.2. The summed E-state index contributed by atoms with van der Waals surface area (Å²) < 4.78 is 0. The van der Waals surface area contributed by atoms with Crippen molar-refractivity contribution in [3.8, 4) is 0 Å². The molecule has 1 fully saturated rings. The molecule has 0 N–H and O–H groups in total. The second-order valence-electron chi connectivity index (χ2n) is 4.43. The lowest BCUT2D eigenvalue weighted by molar-refractivity contribution is -0.108. The molecule has 1 rings (SSSR count). The lowest BCUT2D eigenvalue weighted by Crippen LogP contribution is -2.19. The Labute approximate surface area is 87.6 Å². The molecule has 0 aromatic heterocycles. The predicted octanol–water partition coefficient (Wildman–Crippen LogP) is 3.74. The summed E-state index contributed by atoms with van der Waals surface area (Å²) in [5, 5.41) is 0. The third-order valence-electron chi connectivity index (χ3n) is 3.43. The fraction of sp³-hybridized carbons (Fsp3) is 0.769. The summed E-state index contributed by atoms with van der Waals surface area (Å²) in [4.78, 5) is 10.2. The number of carbonyl (C=O) groups is 1. The maximum Gasteiger partial charge on any atom is 0.119 e. The highest BCUT2D eigenvalue weighted by molar-refractivity contribution is 5.48. The largest absolute Gasteiger partial charge is 0.303 e. The molecule has 1 heteroatoms. The summed E-state index contributed by atoms with van der Waals surface area (Å²) in [6, 6.07) is 0. The Hall–Kier alpha value is -0.590. The van der Waals surface area contributed by atoms with Crippen LogP contribution in [0, 0.1) is 11.8 Å². The van der Waals surface area contributed by atoms with Crippen LogP contribution in [0.15, 0.2) is 12.7 Å². The van der Waals surface area contributed by atoms with Crippen LogP contribution in [0.3, 0.4) is 0 Å². The van der Waals surface area contributed by atoms with E-state index in [-0.39, 0.29) is 0 Å². The highest BCUT2D eigenvalue weighted by atomic mass is 16.1. The second-order valence-corrected chi connectivity index (χ2v) is 4.43. The lowest BCUT2D eigenvalue weighted by Gasteiger charge is -2.30. The molecule has 1 aliphatic carbocycles. The maximum absolute atomic E-state index is 10.2. The van der Waals surface area contributed by atoms with Gasteiger partial charge in [-0.3, -0.25) is 0 Å². The van der Waals surface area contributed by atoms with Gasteiger partial charge in [-0.2, -0.15) is 0 Å². The SMILES string of the molecule is C=CCC1CCCCC1CCCC=O. The minimum atomic E-state index is 0.747. The summed E-state index contributed by atoms with van der Waals surface area (Å²) in [5.74, 6) is 1.72. The molecular formula is C13H22O. The van der Waals surface area contributed by atoms with Crippen molar-refractivity contribution < 1.29 is 4.79 Å². The molecule has 0 spiro atoms. The van der Waals surface area contributed by atoms with Crippen LogP contribution in [0.1, 0.15) is 51.4 Å². The number of hydrogen-bond acceptors (Lipinski definition) is 1. The van der Waals surface area contributed by atoms with Gasteiger partial charge in [-0.15, -0.1) is 6.58 Å². The molecule has 2 atom stereocenters. The number of carbonyl (C=O) groups excluding carboxylic acids is 1. The highest BCUT2D eigenvalue weighted by Crippen LogP contribution is 2.35. The zero-order valence-corrected chi connectivity index (χ0v) is 9.08. The zero-order valence-electron chi connectivity index (χ0n) is 9.08. The van der Waals surface area contributed by atoms with Crippen LogP contribution >= 0.6 is 0 Å². The number of aldehydes is 1. The minimum absolute atomic E-state index is 0.747. The van der Waals surface area contributed by atoms with E-state index in [0.717, 1.165) is 31.0 Å². The molecule has 0 radical (unpaired) electrons. The van der Waals surface area contributed by atoms with Crippen molar-refractivity contribution in [3.05, 3.63) is 12.7 Å². The van der Waals surface area contributed by atoms with Gasteiger partial charge in [-0.1, -0.05) is 25.3 Å². The van der Waals surface area contributed by atoms with Crippen LogP contribution in [0.4, 0.5) is 0 Å². The van der Waals surface area contributed by atoms with E-state index in [0.29, 0.717) is 0 Å². The Morgan fingerprint density at radius 1 is 1.21 bits per heavy atom. The molecule has 0 aromatic carbocycles. The summed E-state index contributed by atoms with van der Waals surface area (Å²) in [5.41, 5.74) is 0. The lowest BCUT2D eigenvalue weighted by atomic mass is 9.75. The first-order chi connectivity index (χ1) is 6.88. The first-order valence-corrected chi connectivity index (χ1v) is 5.93. The number of rotatable bonds is 6. The van der Waals surface area contributed by atoms with E-state index < -0.39 is 0 Å². The van der Waals surface area contributed by atoms with Crippen LogP contribution in [0.25, 0.3) is 0 Å². The molecule has 80 valence electrons. The highest BCUT2D eigenvalue weighted by Gasteiger charge is 2.23. The fourth-order valence-electron chi connectivity index (χ4n) is 2.65. The molecule has 1 nitrogen and oxygen atoms in total. The first-order valence-electron chi connectivity index (χ1n) is 5.93. The summed E-state index contributed by atoms with van der Waals surface area (Å²) in [6.07, 6.45) is 12.9. The number of allylic oxidation sites excluding steroid dienone is 1. The van der Waals surface area contributed by atoms with Crippen molar-refractivity contribution in [3.63, 3.8) is 0 Å². The van der Waals surface area contributed by atoms with Crippen molar-refractivity contribution in [1.82, 2.24) is 0 Å². The molecule has 1 aliphatic rings. The van der Waals surface area contributed by atoms with E-state index in [9.17, 15) is 4.79 Å². The van der Waals surface area contributed by atoms with E-state index in [2.05, 4.69) is 12.7 Å². The van der Waals surface area contributed by atoms with Gasteiger partial charge in [0.2, 0.25) is 0 Å². The van der Waals surface area contributed by atoms with E-state index >= 15 is 0 Å². The fourth-order valence-corrected chi connectivity index (χ4v) is 2.65. The van der Waals surface area contributed by atoms with Gasteiger partial charge in [-0.25, -0.2) is 0 Å². The monoisotopic (exact) mass is 194 g/mol. The van der Waals surface area contributed by atoms with E-state index in [4.69, 9.17) is 0 Å². The van der Waals surface area contributed by atoms with Crippen LogP contribution < -0.4 is 0 Å². The molecule has 14 heavy (non-hydrogen) atoms. The normalized spacial score (nSPS) is 27.1. The van der Waals surface area contributed by atoms with Crippen LogP contribution in [-0.4, -0.2) is 6.29 Å². The van der Waals surface area contributed by atoms with Crippen molar-refractivity contribution in [2.45, 2.75) is 51.4 Å². The molecule has 1 saturated carbocycles. The first kappa shape index (κ1) is 11.5. The topological polar surface area (TPSA) is 17.1 Å². The summed E-state index contributed by atoms with van der Waals surface area (Å²) in [7, 11) is 0. The Morgan fingerprint density at radius 3 is 2.57 bits per heavy atom. The van der Waals surface area contributed by atoms with Crippen LogP contribution in [-0.2, 0) is 4.79 Å². The standard InChI is InChI=1S/C13H22O/c1-2-7-12-8-3-4-9-13(12)10-5-6-11-14/h2,11-13H,1,3-10H2. The number of hydrogen-bond donors (Lipinski definition) is 0. The Balaban J connectivity index is 2.29. The molecule has 0 bridgehead atoms. The Kier molecular flexibility index (Phi) is 5.58. The van der Waals surface area contributed by atoms with Gasteiger partial charge in [0.15, 0.2) is 0 Å². The quantitative estimate of drug-likeness (QED) is 0.357. The summed E-state index contributed by atoms with van der Waals surface area (Å²) >= 11 is 0. The van der Waals surface area contributed by atoms with Gasteiger partial charge < -0.3 is 4.79 Å². The van der Waals surface area contributed by atoms with Crippen LogP contribution in [0.2, 0.25) is 0 Å². The Morgan fingerprint density at radius 2 is 1.93 bits per heavy atom. The van der Waals surface area contributed by atoms with Gasteiger partial charge in [0.25, 0.3) is 0 Å². The predicted molar refractivity (Wildman–Crippen MR) is 60.2 cm³/mol. The van der Waals surface area contributed by atoms with Crippen molar-refractivity contribution >= 4 is 6.29 Å². The molecule has 0 aliphatic heterocycles. The van der Waals surface area contributed by atoms with Crippen molar-refractivity contribution in [1.29, 1.82) is 0 Å². The van der Waals surface area contributed by atoms with Crippen molar-refractivity contribution in [2.24, 2.45) is 11.8 Å². The van der Waals surface area contributed by atoms with Gasteiger partial charge in [-0.05, 0) is 37.5 Å². The average Bonchev–Trinajstić information content (AvgIpc) is 2.21. The van der Waals surface area contributed by atoms with Crippen LogP contribution in [0.5, 0.6) is 0 Å². The van der Waals surface area contributed by atoms with Gasteiger partial charge in [0, 0.05) is 6.42 Å². The third-order valence-corrected chi connectivity index (χ3v) is 3.43. The molecular weight excluding hydrogens is 172 g/mol. The summed E-state index contributed by atoms with van der Waals surface area (Å²) in [6.45, 7) is 3.83. The van der Waals surface area contributed by atoms with Crippen molar-refractivity contribution in [2.75, 3.05) is 0 Å². The molecule has 0 heterocycles. The van der Waals surface area contributed by atoms with Gasteiger partial charge in [0.05, 0.1) is 0 Å².